The van der Waals surface area contributed by atoms with Crippen LogP contribution in [0.25, 0.3) is 0 Å². The van der Waals surface area contributed by atoms with E-state index < -0.39 is 6.03 Å². The third kappa shape index (κ3) is 1.22. The van der Waals surface area contributed by atoms with Crippen molar-refractivity contribution >= 4 is 11.9 Å². The average Bonchev–Trinajstić information content (AvgIpc) is 2.17. The van der Waals surface area contributed by atoms with Crippen LogP contribution >= 0.6 is 0 Å². The normalized spacial score (nSPS) is 17.9. The smallest absolute Gasteiger partial charge is 0.272 e. The number of carbonyl (C=O) groups excluding carboxylic acids is 2. The highest BCUT2D eigenvalue weighted by Gasteiger charge is 2.32. The molecule has 0 radical (unpaired) electrons. The van der Waals surface area contributed by atoms with E-state index in [4.69, 9.17) is 5.84 Å². The fourth-order valence-corrected chi connectivity index (χ4v) is 0.869. The van der Waals surface area contributed by atoms with E-state index in [0.29, 0.717) is 0 Å². The Morgan fingerprint density at radius 2 is 2.27 bits per heavy atom. The van der Waals surface area contributed by atoms with Crippen LogP contribution in [0.5, 0.6) is 0 Å². The van der Waals surface area contributed by atoms with Gasteiger partial charge in [0.05, 0.1) is 0 Å². The largest absolute Gasteiger partial charge is 0.341 e. The van der Waals surface area contributed by atoms with Crippen molar-refractivity contribution in [1.29, 1.82) is 0 Å². The molecule has 1 saturated heterocycles. The fraction of sp³-hybridized carbons (Fsp3) is 0.333. The molecular formula is C6H9N3O2. The minimum Gasteiger partial charge on any atom is -0.272 e. The molecule has 0 saturated carbocycles. The molecule has 1 rings (SSSR count). The molecule has 2 N–H and O–H groups in total. The zero-order valence-electron chi connectivity index (χ0n) is 5.99. The minimum absolute atomic E-state index is 0.0350. The summed E-state index contributed by atoms with van der Waals surface area (Å²) in [5.74, 6) is 4.90. The molecule has 0 bridgehead atoms. The van der Waals surface area contributed by atoms with Crippen LogP contribution in [0.3, 0.4) is 0 Å². The molecule has 1 fully saturated rings. The van der Waals surface area contributed by atoms with Crippen molar-refractivity contribution < 1.29 is 9.59 Å². The second-order valence-corrected chi connectivity index (χ2v) is 2.20. The van der Waals surface area contributed by atoms with Crippen LogP contribution in [0.2, 0.25) is 0 Å². The molecule has 0 aromatic heterocycles. The fourth-order valence-electron chi connectivity index (χ4n) is 0.869. The number of hydrazine groups is 1. The lowest BCUT2D eigenvalue weighted by Gasteiger charge is -2.09. The number of imide groups is 1. The zero-order chi connectivity index (χ0) is 8.43. The maximum Gasteiger partial charge on any atom is 0.341 e. The van der Waals surface area contributed by atoms with E-state index in [0.717, 1.165) is 9.91 Å². The number of carbonyl (C=O) groups is 2. The van der Waals surface area contributed by atoms with Gasteiger partial charge >= 0.3 is 6.03 Å². The molecule has 1 aliphatic rings. The molecular weight excluding hydrogens is 146 g/mol. The minimum atomic E-state index is -0.463. The Hall–Kier alpha value is -1.36. The van der Waals surface area contributed by atoms with E-state index in [2.05, 4.69) is 6.58 Å². The Kier molecular flexibility index (Phi) is 1.91. The summed E-state index contributed by atoms with van der Waals surface area (Å²) >= 11 is 0. The summed E-state index contributed by atoms with van der Waals surface area (Å²) in [7, 11) is 0. The Balaban J connectivity index is 2.71. The predicted octanol–water partition coefficient (Wildman–Crippen LogP) is -0.690. The van der Waals surface area contributed by atoms with Gasteiger partial charge in [0.25, 0.3) is 5.91 Å². The summed E-state index contributed by atoms with van der Waals surface area (Å²) in [6.45, 7) is 3.61. The highest BCUT2D eigenvalue weighted by molar-refractivity contribution is 6.01. The van der Waals surface area contributed by atoms with Crippen molar-refractivity contribution in [2.24, 2.45) is 5.84 Å². The van der Waals surface area contributed by atoms with E-state index >= 15 is 0 Å². The molecule has 0 aromatic carbocycles. The quantitative estimate of drug-likeness (QED) is 0.248. The topological polar surface area (TPSA) is 66.6 Å². The Labute approximate surface area is 64.0 Å². The van der Waals surface area contributed by atoms with Crippen molar-refractivity contribution in [2.75, 3.05) is 13.1 Å². The Morgan fingerprint density at radius 3 is 2.64 bits per heavy atom. The number of hydrogen-bond donors (Lipinski definition) is 1. The third-order valence-corrected chi connectivity index (χ3v) is 1.39. The molecule has 0 aliphatic carbocycles. The number of nitrogens with zero attached hydrogens (tertiary/aromatic N) is 2. The standard InChI is InChI=1S/C6H9N3O2/c1-2-3-8-5(10)4-9(7)6(8)11/h2H,1,3-4,7H2. The van der Waals surface area contributed by atoms with Gasteiger partial charge in [-0.15, -0.1) is 6.58 Å². The number of rotatable bonds is 2. The lowest BCUT2D eigenvalue weighted by atomic mass is 10.5. The maximum absolute atomic E-state index is 11.0. The molecule has 1 aliphatic heterocycles. The van der Waals surface area contributed by atoms with Gasteiger partial charge in [-0.05, 0) is 0 Å². The molecule has 60 valence electrons. The van der Waals surface area contributed by atoms with Gasteiger partial charge in [-0.2, -0.15) is 0 Å². The highest BCUT2D eigenvalue weighted by atomic mass is 16.2. The molecule has 0 spiro atoms. The van der Waals surface area contributed by atoms with Crippen molar-refractivity contribution in [3.63, 3.8) is 0 Å². The third-order valence-electron chi connectivity index (χ3n) is 1.39. The molecule has 0 atom stereocenters. The number of amides is 3. The summed E-state index contributed by atoms with van der Waals surface area (Å²) in [5, 5.41) is 0.881. The summed E-state index contributed by atoms with van der Waals surface area (Å²) in [6, 6.07) is -0.463. The molecule has 5 heteroatoms. The van der Waals surface area contributed by atoms with Gasteiger partial charge in [0.2, 0.25) is 0 Å². The first kappa shape index (κ1) is 7.74. The van der Waals surface area contributed by atoms with Crippen molar-refractivity contribution in [3.05, 3.63) is 12.7 Å². The second kappa shape index (κ2) is 2.71. The van der Waals surface area contributed by atoms with Crippen LogP contribution in [0.4, 0.5) is 4.79 Å². The lowest BCUT2D eigenvalue weighted by molar-refractivity contribution is -0.124. The molecule has 11 heavy (non-hydrogen) atoms. The van der Waals surface area contributed by atoms with E-state index in [1.807, 2.05) is 0 Å². The van der Waals surface area contributed by atoms with E-state index in [1.165, 1.54) is 6.08 Å². The molecule has 1 heterocycles. The summed E-state index contributed by atoms with van der Waals surface area (Å²) in [4.78, 5) is 22.9. The van der Waals surface area contributed by atoms with Crippen LogP contribution < -0.4 is 5.84 Å². The van der Waals surface area contributed by atoms with Crippen LogP contribution in [-0.4, -0.2) is 34.9 Å². The van der Waals surface area contributed by atoms with Gasteiger partial charge in [0.1, 0.15) is 6.54 Å². The van der Waals surface area contributed by atoms with Crippen LogP contribution in [0.1, 0.15) is 0 Å². The van der Waals surface area contributed by atoms with E-state index in [9.17, 15) is 9.59 Å². The van der Waals surface area contributed by atoms with E-state index in [-0.39, 0.29) is 19.0 Å². The average molecular weight is 155 g/mol. The van der Waals surface area contributed by atoms with Gasteiger partial charge in [0, 0.05) is 6.54 Å². The van der Waals surface area contributed by atoms with Gasteiger partial charge in [-0.25, -0.2) is 10.6 Å². The van der Waals surface area contributed by atoms with Crippen LogP contribution in [0, 0.1) is 0 Å². The second-order valence-electron chi connectivity index (χ2n) is 2.20. The first-order chi connectivity index (χ1) is 5.16. The first-order valence-electron chi connectivity index (χ1n) is 3.14. The SMILES string of the molecule is C=CCN1C(=O)CN(N)C1=O. The number of urea groups is 1. The van der Waals surface area contributed by atoms with Gasteiger partial charge in [0.15, 0.2) is 0 Å². The molecule has 5 nitrogen and oxygen atoms in total. The first-order valence-corrected chi connectivity index (χ1v) is 3.14. The summed E-state index contributed by atoms with van der Waals surface area (Å²) in [6.07, 6.45) is 1.48. The Bertz CT molecular complexity index is 214. The molecule has 3 amide bonds. The van der Waals surface area contributed by atoms with Crippen molar-refractivity contribution in [1.82, 2.24) is 9.91 Å². The molecule has 0 aromatic rings. The predicted molar refractivity (Wildman–Crippen MR) is 38.2 cm³/mol. The monoisotopic (exact) mass is 155 g/mol. The van der Waals surface area contributed by atoms with Crippen LogP contribution in [0.15, 0.2) is 12.7 Å². The number of nitrogens with two attached hydrogens (primary N) is 1. The molecule has 0 unspecified atom stereocenters. The van der Waals surface area contributed by atoms with Crippen molar-refractivity contribution in [3.8, 4) is 0 Å². The lowest BCUT2D eigenvalue weighted by Crippen LogP contribution is -2.36. The zero-order valence-corrected chi connectivity index (χ0v) is 5.99. The maximum atomic E-state index is 11.0. The Morgan fingerprint density at radius 1 is 1.64 bits per heavy atom. The number of hydrogen-bond acceptors (Lipinski definition) is 3. The highest BCUT2D eigenvalue weighted by Crippen LogP contribution is 2.04. The van der Waals surface area contributed by atoms with Gasteiger partial charge < -0.3 is 0 Å². The summed E-state index contributed by atoms with van der Waals surface area (Å²) < 4.78 is 0. The van der Waals surface area contributed by atoms with Crippen LogP contribution in [-0.2, 0) is 4.79 Å². The van der Waals surface area contributed by atoms with E-state index in [1.54, 1.807) is 0 Å². The van der Waals surface area contributed by atoms with Gasteiger partial charge in [-0.3, -0.25) is 14.7 Å². The summed E-state index contributed by atoms with van der Waals surface area (Å²) in [5.41, 5.74) is 0. The van der Waals surface area contributed by atoms with Gasteiger partial charge in [-0.1, -0.05) is 6.08 Å². The van der Waals surface area contributed by atoms with Crippen molar-refractivity contribution in [2.45, 2.75) is 0 Å².